The molecular formula is C18H23N3O4S. The molecule has 1 saturated heterocycles. The fourth-order valence-electron chi connectivity index (χ4n) is 3.32. The molecule has 0 saturated carbocycles. The minimum Gasteiger partial charge on any atom is -0.450 e. The summed E-state index contributed by atoms with van der Waals surface area (Å²) in [4.78, 5) is 30.5. The highest BCUT2D eigenvalue weighted by Crippen LogP contribution is 2.41. The van der Waals surface area contributed by atoms with Crippen molar-refractivity contribution in [2.45, 2.75) is 31.1 Å². The number of carbonyl (C=O) groups excluding carboxylic acids is 2. The predicted molar refractivity (Wildman–Crippen MR) is 99.2 cm³/mol. The Kier molecular flexibility index (Phi) is 6.16. The highest BCUT2D eigenvalue weighted by Gasteiger charge is 2.40. The van der Waals surface area contributed by atoms with E-state index in [1.54, 1.807) is 17.3 Å². The summed E-state index contributed by atoms with van der Waals surface area (Å²) in [6, 6.07) is 9.32. The molecule has 26 heavy (non-hydrogen) atoms. The summed E-state index contributed by atoms with van der Waals surface area (Å²) in [5, 5.41) is 9.52. The van der Waals surface area contributed by atoms with Crippen molar-refractivity contribution in [2.75, 3.05) is 19.7 Å². The van der Waals surface area contributed by atoms with Gasteiger partial charge in [-0.3, -0.25) is 15.0 Å². The molecule has 2 N–H and O–H groups in total. The Morgan fingerprint density at radius 2 is 2.00 bits per heavy atom. The van der Waals surface area contributed by atoms with Crippen molar-refractivity contribution in [3.8, 4) is 0 Å². The first-order valence-corrected chi connectivity index (χ1v) is 9.67. The standard InChI is InChI=1S/C18H23N3O4S/c1-2-25-18(23)21-10-8-13(9-11-21)17-19-14(12-6-4-3-5-7-12)15(26-17)16(22)20-24/h3-7,13-15,24H,2,8-11H2,1H3,(H,20,22). The number of hydrogen-bond donors (Lipinski definition) is 2. The number of hydrogen-bond acceptors (Lipinski definition) is 6. The second kappa shape index (κ2) is 8.55. The van der Waals surface area contributed by atoms with E-state index in [0.29, 0.717) is 19.7 Å². The van der Waals surface area contributed by atoms with Gasteiger partial charge < -0.3 is 9.64 Å². The van der Waals surface area contributed by atoms with E-state index in [2.05, 4.69) is 0 Å². The first-order valence-electron chi connectivity index (χ1n) is 8.79. The van der Waals surface area contributed by atoms with Crippen LogP contribution < -0.4 is 5.48 Å². The van der Waals surface area contributed by atoms with Gasteiger partial charge in [0.1, 0.15) is 5.25 Å². The number of piperidine rings is 1. The topological polar surface area (TPSA) is 91.2 Å². The Hall–Kier alpha value is -2.06. The van der Waals surface area contributed by atoms with Crippen LogP contribution in [0.2, 0.25) is 0 Å². The third-order valence-corrected chi connectivity index (χ3v) is 6.09. The lowest BCUT2D eigenvalue weighted by Crippen LogP contribution is -2.40. The first kappa shape index (κ1) is 18.7. The van der Waals surface area contributed by atoms with Crippen LogP contribution in [0, 0.1) is 5.92 Å². The number of nitrogens with zero attached hydrogens (tertiary/aromatic N) is 2. The van der Waals surface area contributed by atoms with Crippen molar-refractivity contribution in [2.24, 2.45) is 10.9 Å². The van der Waals surface area contributed by atoms with Crippen molar-refractivity contribution >= 4 is 28.8 Å². The molecule has 2 unspecified atom stereocenters. The SMILES string of the molecule is CCOC(=O)N1CCC(C2=NC(c3ccccc3)C(C(=O)NO)S2)CC1. The monoisotopic (exact) mass is 377 g/mol. The van der Waals surface area contributed by atoms with Gasteiger partial charge in [0.15, 0.2) is 0 Å². The fourth-order valence-corrected chi connectivity index (χ4v) is 4.68. The van der Waals surface area contributed by atoms with Crippen molar-refractivity contribution in [3.63, 3.8) is 0 Å². The molecule has 3 rings (SSSR count). The maximum absolute atomic E-state index is 12.1. The average Bonchev–Trinajstić information content (AvgIpc) is 3.14. The number of thioether (sulfide) groups is 1. The maximum Gasteiger partial charge on any atom is 0.409 e. The Morgan fingerprint density at radius 1 is 1.31 bits per heavy atom. The summed E-state index contributed by atoms with van der Waals surface area (Å²) >= 11 is 1.42. The van der Waals surface area contributed by atoms with E-state index in [0.717, 1.165) is 23.4 Å². The van der Waals surface area contributed by atoms with E-state index in [1.807, 2.05) is 30.3 Å². The molecule has 7 nitrogen and oxygen atoms in total. The van der Waals surface area contributed by atoms with Crippen molar-refractivity contribution in [1.82, 2.24) is 10.4 Å². The molecule has 0 bridgehead atoms. The van der Waals surface area contributed by atoms with Gasteiger partial charge in [-0.2, -0.15) is 0 Å². The van der Waals surface area contributed by atoms with E-state index < -0.39 is 11.2 Å². The summed E-state index contributed by atoms with van der Waals surface area (Å²) in [7, 11) is 0. The average molecular weight is 377 g/mol. The molecule has 140 valence electrons. The van der Waals surface area contributed by atoms with Crippen molar-refractivity contribution in [3.05, 3.63) is 35.9 Å². The summed E-state index contributed by atoms with van der Waals surface area (Å²) < 4.78 is 5.05. The summed E-state index contributed by atoms with van der Waals surface area (Å²) in [6.45, 7) is 3.41. The van der Waals surface area contributed by atoms with Crippen LogP contribution in [0.3, 0.4) is 0 Å². The zero-order chi connectivity index (χ0) is 18.5. The molecule has 0 spiro atoms. The smallest absolute Gasteiger partial charge is 0.409 e. The molecule has 2 heterocycles. The second-order valence-electron chi connectivity index (χ2n) is 6.30. The molecule has 1 aromatic rings. The van der Waals surface area contributed by atoms with Gasteiger partial charge in [-0.25, -0.2) is 10.3 Å². The Labute approximate surface area is 156 Å². The zero-order valence-corrected chi connectivity index (χ0v) is 15.4. The number of hydroxylamine groups is 1. The van der Waals surface area contributed by atoms with E-state index >= 15 is 0 Å². The van der Waals surface area contributed by atoms with Crippen LogP contribution >= 0.6 is 11.8 Å². The summed E-state index contributed by atoms with van der Waals surface area (Å²) in [5.41, 5.74) is 2.72. The van der Waals surface area contributed by atoms with E-state index in [4.69, 9.17) is 14.9 Å². The lowest BCUT2D eigenvalue weighted by Gasteiger charge is -2.31. The molecular weight excluding hydrogens is 354 g/mol. The van der Waals surface area contributed by atoms with Crippen LogP contribution in [-0.4, -0.2) is 52.1 Å². The van der Waals surface area contributed by atoms with Gasteiger partial charge in [-0.15, -0.1) is 0 Å². The molecule has 2 aliphatic heterocycles. The number of likely N-dealkylation sites (tertiary alicyclic amines) is 1. The molecule has 1 fully saturated rings. The number of ether oxygens (including phenoxy) is 1. The normalized spacial score (nSPS) is 23.5. The number of aliphatic imine (C=N–C) groups is 1. The van der Waals surface area contributed by atoms with Gasteiger partial charge in [0, 0.05) is 19.0 Å². The number of nitrogens with one attached hydrogen (secondary N) is 1. The van der Waals surface area contributed by atoms with Crippen LogP contribution in [0.25, 0.3) is 0 Å². The molecule has 0 aliphatic carbocycles. The Balaban J connectivity index is 1.70. The minimum atomic E-state index is -0.486. The third kappa shape index (κ3) is 4.02. The quantitative estimate of drug-likeness (QED) is 0.622. The summed E-state index contributed by atoms with van der Waals surface area (Å²) in [6.07, 6.45) is 1.31. The zero-order valence-electron chi connectivity index (χ0n) is 14.6. The van der Waals surface area contributed by atoms with Crippen molar-refractivity contribution in [1.29, 1.82) is 0 Å². The van der Waals surface area contributed by atoms with Crippen LogP contribution in [0.5, 0.6) is 0 Å². The van der Waals surface area contributed by atoms with E-state index in [9.17, 15) is 9.59 Å². The van der Waals surface area contributed by atoms with E-state index in [-0.39, 0.29) is 18.1 Å². The first-order chi connectivity index (χ1) is 12.6. The molecule has 1 aromatic carbocycles. The van der Waals surface area contributed by atoms with Crippen LogP contribution in [0.1, 0.15) is 31.4 Å². The highest BCUT2D eigenvalue weighted by atomic mass is 32.2. The van der Waals surface area contributed by atoms with Crippen LogP contribution in [0.4, 0.5) is 4.79 Å². The maximum atomic E-state index is 12.1. The Bertz CT molecular complexity index is 674. The number of carbonyl (C=O) groups is 2. The number of amides is 2. The third-order valence-electron chi connectivity index (χ3n) is 4.68. The van der Waals surface area contributed by atoms with Gasteiger partial charge in [0.25, 0.3) is 5.91 Å². The predicted octanol–water partition coefficient (Wildman–Crippen LogP) is 2.62. The van der Waals surface area contributed by atoms with Gasteiger partial charge in [0.05, 0.1) is 17.7 Å². The number of benzene rings is 1. The highest BCUT2D eigenvalue weighted by molar-refractivity contribution is 8.15. The minimum absolute atomic E-state index is 0.216. The van der Waals surface area contributed by atoms with Crippen LogP contribution in [-0.2, 0) is 9.53 Å². The van der Waals surface area contributed by atoms with Gasteiger partial charge >= 0.3 is 6.09 Å². The summed E-state index contributed by atoms with van der Waals surface area (Å²) in [5.74, 6) is -0.222. The largest absolute Gasteiger partial charge is 0.450 e. The molecule has 2 amide bonds. The van der Waals surface area contributed by atoms with Gasteiger partial charge in [-0.05, 0) is 25.3 Å². The molecule has 0 radical (unpaired) electrons. The lowest BCUT2D eigenvalue weighted by molar-refractivity contribution is -0.128. The van der Waals surface area contributed by atoms with Gasteiger partial charge in [-0.1, -0.05) is 42.1 Å². The number of rotatable bonds is 4. The molecule has 2 aliphatic rings. The van der Waals surface area contributed by atoms with Gasteiger partial charge in [0.2, 0.25) is 0 Å². The van der Waals surface area contributed by atoms with Crippen molar-refractivity contribution < 1.29 is 19.5 Å². The lowest BCUT2D eigenvalue weighted by atomic mass is 9.97. The molecule has 2 atom stereocenters. The molecule has 8 heteroatoms. The fraction of sp³-hybridized carbons (Fsp3) is 0.500. The van der Waals surface area contributed by atoms with E-state index in [1.165, 1.54) is 11.8 Å². The molecule has 0 aromatic heterocycles. The van der Waals surface area contributed by atoms with Crippen LogP contribution in [0.15, 0.2) is 35.3 Å². The second-order valence-corrected chi connectivity index (χ2v) is 7.46. The Morgan fingerprint density at radius 3 is 2.62 bits per heavy atom.